The highest BCUT2D eigenvalue weighted by molar-refractivity contribution is 8.07. The van der Waals surface area contributed by atoms with E-state index in [1.165, 1.54) is 22.7 Å². The highest BCUT2D eigenvalue weighted by atomic mass is 35.9. The normalized spacial score (nSPS) is 18.2. The van der Waals surface area contributed by atoms with E-state index in [9.17, 15) is 0 Å². The van der Waals surface area contributed by atoms with E-state index in [2.05, 4.69) is 96.3 Å². The van der Waals surface area contributed by atoms with Crippen molar-refractivity contribution in [2.75, 3.05) is 54.8 Å². The first-order chi connectivity index (χ1) is 14.3. The molecule has 2 heterocycles. The Morgan fingerprint density at radius 3 is 1.27 bits per heavy atom. The predicted octanol–water partition coefficient (Wildman–Crippen LogP) is 6.37. The van der Waals surface area contributed by atoms with Crippen molar-refractivity contribution in [3.63, 3.8) is 0 Å². The molecule has 2 aliphatic heterocycles. The zero-order valence-electron chi connectivity index (χ0n) is 17.6. The Kier molecular flexibility index (Phi) is 6.53. The fraction of sp³-hybridized carbons (Fsp3) is 0.400. The van der Waals surface area contributed by atoms with Crippen molar-refractivity contribution in [2.45, 2.75) is 18.0 Å². The monoisotopic (exact) mass is 503 g/mol. The molecule has 30 heavy (non-hydrogen) atoms. The average molecular weight is 505 g/mol. The minimum absolute atomic E-state index is 0.0407. The molecule has 0 aliphatic carbocycles. The fourth-order valence-electron chi connectivity index (χ4n) is 4.76. The van der Waals surface area contributed by atoms with Crippen molar-refractivity contribution < 1.29 is 0 Å². The summed E-state index contributed by atoms with van der Waals surface area (Å²) in [7, 11) is 9.34. The summed E-state index contributed by atoms with van der Waals surface area (Å²) in [6.45, 7) is -1.34. The third-order valence-electron chi connectivity index (χ3n) is 6.22. The molecular weight excluding hydrogens is 479 g/mol. The summed E-state index contributed by atoms with van der Waals surface area (Å²) < 4.78 is 1.95. The number of hydrogen-bond donors (Lipinski definition) is 0. The molecule has 2 aromatic rings. The number of rotatable bonds is 5. The van der Waals surface area contributed by atoms with Gasteiger partial charge in [0.1, 0.15) is 12.3 Å². The lowest BCUT2D eigenvalue weighted by Gasteiger charge is -2.46. The Hall–Kier alpha value is -0.670. The lowest BCUT2D eigenvalue weighted by Crippen LogP contribution is -2.59. The van der Waals surface area contributed by atoms with E-state index in [1.54, 1.807) is 0 Å². The van der Waals surface area contributed by atoms with Crippen LogP contribution in [0, 0.1) is 0 Å². The number of halogens is 3. The largest absolute Gasteiger partial charge is 0.352 e. The molecule has 1 unspecified atom stereocenters. The molecule has 1 atom stereocenters. The maximum absolute atomic E-state index is 7.23. The maximum Gasteiger partial charge on any atom is 0.164 e. The van der Waals surface area contributed by atoms with Crippen molar-refractivity contribution in [1.82, 2.24) is 4.44 Å². The lowest BCUT2D eigenvalue weighted by molar-refractivity contribution is 0.509. The van der Waals surface area contributed by atoms with Gasteiger partial charge < -0.3 is 19.6 Å². The number of hydrogen-bond acceptors (Lipinski definition) is 5. The van der Waals surface area contributed by atoms with Gasteiger partial charge >= 0.3 is 0 Å². The quantitative estimate of drug-likeness (QED) is 0.439. The smallest absolute Gasteiger partial charge is 0.164 e. The molecule has 0 saturated heterocycles. The van der Waals surface area contributed by atoms with E-state index < -0.39 is 14.2 Å². The zero-order chi connectivity index (χ0) is 21.7. The summed E-state index contributed by atoms with van der Waals surface area (Å²) in [5, 5.41) is 0. The summed E-state index contributed by atoms with van der Waals surface area (Å²) in [6, 6.07) is 17.0. The van der Waals surface area contributed by atoms with Gasteiger partial charge in [0.15, 0.2) is 6.78 Å². The third-order valence-corrected chi connectivity index (χ3v) is 13.0. The number of fused-ring (bicyclic) bond motifs is 2. The van der Waals surface area contributed by atoms with Crippen LogP contribution in [0.1, 0.15) is 0 Å². The van der Waals surface area contributed by atoms with Crippen LogP contribution in [0.4, 0.5) is 22.7 Å². The summed E-state index contributed by atoms with van der Waals surface area (Å²) in [4.78, 5) is 9.34. The molecule has 0 aromatic heterocycles. The Morgan fingerprint density at radius 1 is 0.700 bits per heavy atom. The van der Waals surface area contributed by atoms with Crippen LogP contribution in [-0.4, -0.2) is 57.7 Å². The highest BCUT2D eigenvalue weighted by Crippen LogP contribution is 2.68. The van der Waals surface area contributed by atoms with E-state index in [-0.39, 0.29) is 18.0 Å². The standard InChI is InChI=1S/C20H26Cl3N5P2/c1-24-14-10-6-7-11-15(14)25(2)19(24)18(29(21)28(5)30(22)23)20-26(3)16-12-8-9-13-17(16)27(20)4/h6-13,18-20H,1-5H3. The molecular formula is C20H26Cl3N5P2. The van der Waals surface area contributed by atoms with Gasteiger partial charge in [0.2, 0.25) is 0 Å². The molecule has 0 bridgehead atoms. The number of nitrogens with zero attached hydrogens (tertiary/aromatic N) is 5. The van der Waals surface area contributed by atoms with E-state index in [0.717, 1.165) is 0 Å². The Morgan fingerprint density at radius 2 is 1.00 bits per heavy atom. The average Bonchev–Trinajstić information content (AvgIpc) is 3.14. The van der Waals surface area contributed by atoms with Crippen LogP contribution in [0.15, 0.2) is 48.5 Å². The van der Waals surface area contributed by atoms with Gasteiger partial charge in [-0.2, -0.15) is 0 Å². The second-order valence-electron chi connectivity index (χ2n) is 7.73. The first-order valence-electron chi connectivity index (χ1n) is 9.65. The molecule has 0 N–H and O–H groups in total. The van der Waals surface area contributed by atoms with Gasteiger partial charge in [-0.1, -0.05) is 58.0 Å². The molecule has 10 heteroatoms. The molecule has 0 saturated carbocycles. The van der Waals surface area contributed by atoms with Gasteiger partial charge in [0, 0.05) is 28.2 Å². The van der Waals surface area contributed by atoms with Crippen LogP contribution in [0.2, 0.25) is 0 Å². The van der Waals surface area contributed by atoms with Crippen LogP contribution < -0.4 is 19.6 Å². The van der Waals surface area contributed by atoms with Crippen molar-refractivity contribution in [1.29, 1.82) is 0 Å². The van der Waals surface area contributed by atoms with Crippen molar-refractivity contribution >= 4 is 70.7 Å². The first kappa shape index (κ1) is 22.5. The van der Waals surface area contributed by atoms with Crippen LogP contribution in [0.3, 0.4) is 0 Å². The molecule has 162 valence electrons. The van der Waals surface area contributed by atoms with Crippen LogP contribution in [0.25, 0.3) is 0 Å². The maximum atomic E-state index is 7.23. The molecule has 5 nitrogen and oxygen atoms in total. The van der Waals surface area contributed by atoms with Crippen LogP contribution >= 0.6 is 47.9 Å². The van der Waals surface area contributed by atoms with E-state index in [1.807, 2.05) is 11.5 Å². The van der Waals surface area contributed by atoms with Gasteiger partial charge in [-0.05, 0) is 31.3 Å². The molecule has 2 aliphatic rings. The van der Waals surface area contributed by atoms with Crippen molar-refractivity contribution in [3.8, 4) is 0 Å². The first-order valence-corrected chi connectivity index (χ1v) is 15.0. The van der Waals surface area contributed by atoms with Crippen molar-refractivity contribution in [3.05, 3.63) is 48.5 Å². The molecule has 0 spiro atoms. The molecule has 4 rings (SSSR count). The predicted molar refractivity (Wildman–Crippen MR) is 137 cm³/mol. The third kappa shape index (κ3) is 3.52. The Bertz CT molecular complexity index is 798. The van der Waals surface area contributed by atoms with E-state index >= 15 is 0 Å². The fourth-order valence-corrected chi connectivity index (χ4v) is 10.4. The molecule has 2 aromatic carbocycles. The number of anilines is 4. The lowest BCUT2D eigenvalue weighted by atomic mass is 10.2. The summed E-state index contributed by atoms with van der Waals surface area (Å²) in [5.41, 5.74) is 4.86. The Labute approximate surface area is 196 Å². The topological polar surface area (TPSA) is 16.2 Å². The van der Waals surface area contributed by atoms with Gasteiger partial charge in [0.05, 0.1) is 35.8 Å². The Balaban J connectivity index is 1.79. The van der Waals surface area contributed by atoms with E-state index in [4.69, 9.17) is 33.7 Å². The second kappa shape index (κ2) is 8.70. The number of benzene rings is 2. The van der Waals surface area contributed by atoms with Gasteiger partial charge in [-0.3, -0.25) is 0 Å². The summed E-state index contributed by atoms with van der Waals surface area (Å²) in [6.07, 6.45) is 0.113. The highest BCUT2D eigenvalue weighted by Gasteiger charge is 2.51. The number of para-hydroxylation sites is 4. The summed E-state index contributed by atoms with van der Waals surface area (Å²) in [5.74, 6) is 0. The minimum Gasteiger partial charge on any atom is -0.352 e. The zero-order valence-corrected chi connectivity index (χ0v) is 21.7. The van der Waals surface area contributed by atoms with Gasteiger partial charge in [-0.15, -0.1) is 0 Å². The van der Waals surface area contributed by atoms with Crippen LogP contribution in [0.5, 0.6) is 0 Å². The van der Waals surface area contributed by atoms with Crippen molar-refractivity contribution in [2.24, 2.45) is 0 Å². The molecule has 0 amide bonds. The van der Waals surface area contributed by atoms with Crippen LogP contribution in [-0.2, 0) is 0 Å². The molecule has 0 fully saturated rings. The minimum atomic E-state index is -1.34. The van der Waals surface area contributed by atoms with Gasteiger partial charge in [0.25, 0.3) is 0 Å². The second-order valence-corrected chi connectivity index (χ2v) is 14.3. The summed E-state index contributed by atoms with van der Waals surface area (Å²) >= 11 is 19.9. The van der Waals surface area contributed by atoms with Gasteiger partial charge in [-0.25, -0.2) is 4.44 Å². The SMILES string of the molecule is CN1c2ccccc2N(C)C1C(C1N(C)c2ccccc2N1C)P(Cl)N(C)P(Cl)Cl. The van der Waals surface area contributed by atoms with E-state index in [0.29, 0.717) is 0 Å². The molecule has 0 radical (unpaired) electrons.